The monoisotopic (exact) mass is 359 g/mol. The fourth-order valence-electron chi connectivity index (χ4n) is 2.55. The number of nitrogens with one attached hydrogen (secondary N) is 3. The number of anilines is 3. The molecular weight excluding hydrogens is 338 g/mol. The molecule has 0 bridgehead atoms. The normalized spacial score (nSPS) is 10.1. The molecule has 3 N–H and O–H groups in total. The predicted octanol–water partition coefficient (Wildman–Crippen LogP) is 5.20. The van der Waals surface area contributed by atoms with E-state index in [1.54, 1.807) is 24.3 Å². The highest BCUT2D eigenvalue weighted by atomic mass is 16.2. The average molecular weight is 359 g/mol. The van der Waals surface area contributed by atoms with E-state index in [2.05, 4.69) is 16.0 Å². The summed E-state index contributed by atoms with van der Waals surface area (Å²) in [6, 6.07) is 21.5. The molecule has 3 rings (SSSR count). The topological polar surface area (TPSA) is 70.2 Å². The lowest BCUT2D eigenvalue weighted by atomic mass is 10.1. The Hall–Kier alpha value is -3.60. The summed E-state index contributed by atoms with van der Waals surface area (Å²) < 4.78 is 0. The van der Waals surface area contributed by atoms with Crippen molar-refractivity contribution in [3.63, 3.8) is 0 Å². The molecule has 0 aliphatic rings. The molecular formula is C22H21N3O2. The predicted molar refractivity (Wildman–Crippen MR) is 109 cm³/mol. The minimum absolute atomic E-state index is 0.287. The van der Waals surface area contributed by atoms with Gasteiger partial charge in [0.15, 0.2) is 0 Å². The maximum atomic E-state index is 12.6. The van der Waals surface area contributed by atoms with Gasteiger partial charge in [-0.15, -0.1) is 0 Å². The number of para-hydroxylation sites is 1. The zero-order valence-corrected chi connectivity index (χ0v) is 15.2. The van der Waals surface area contributed by atoms with Crippen molar-refractivity contribution >= 4 is 29.0 Å². The highest BCUT2D eigenvalue weighted by Gasteiger charge is 2.13. The summed E-state index contributed by atoms with van der Waals surface area (Å²) >= 11 is 0. The standard InChI is InChI=1S/C22H21N3O2/c1-15-7-11-17(12-8-15)23-21(26)19-5-3-4-6-20(19)25-22(27)24-18-13-9-16(2)10-14-18/h3-14H,1-2H3,(H,23,26)(H2,24,25,27). The summed E-state index contributed by atoms with van der Waals surface area (Å²) in [5.41, 5.74) is 4.43. The van der Waals surface area contributed by atoms with E-state index in [0.29, 0.717) is 22.6 Å². The van der Waals surface area contributed by atoms with Gasteiger partial charge < -0.3 is 16.0 Å². The van der Waals surface area contributed by atoms with Gasteiger partial charge in [-0.3, -0.25) is 4.79 Å². The molecule has 3 aromatic carbocycles. The first-order valence-corrected chi connectivity index (χ1v) is 8.63. The van der Waals surface area contributed by atoms with Gasteiger partial charge in [-0.05, 0) is 50.2 Å². The number of carbonyl (C=O) groups excluding carboxylic acids is 2. The van der Waals surface area contributed by atoms with E-state index in [4.69, 9.17) is 0 Å². The molecule has 3 aromatic rings. The van der Waals surface area contributed by atoms with Crippen LogP contribution in [0.2, 0.25) is 0 Å². The average Bonchev–Trinajstić information content (AvgIpc) is 2.66. The van der Waals surface area contributed by atoms with Crippen LogP contribution in [0.15, 0.2) is 72.8 Å². The van der Waals surface area contributed by atoms with Crippen LogP contribution in [-0.2, 0) is 0 Å². The van der Waals surface area contributed by atoms with Gasteiger partial charge in [0, 0.05) is 11.4 Å². The fraction of sp³-hybridized carbons (Fsp3) is 0.0909. The molecule has 0 spiro atoms. The highest BCUT2D eigenvalue weighted by Crippen LogP contribution is 2.18. The minimum Gasteiger partial charge on any atom is -0.322 e. The van der Waals surface area contributed by atoms with E-state index in [9.17, 15) is 9.59 Å². The van der Waals surface area contributed by atoms with Crippen LogP contribution in [0, 0.1) is 13.8 Å². The van der Waals surface area contributed by atoms with Gasteiger partial charge in [-0.2, -0.15) is 0 Å². The Morgan fingerprint density at radius 3 is 1.74 bits per heavy atom. The molecule has 0 fully saturated rings. The van der Waals surface area contributed by atoms with E-state index in [1.165, 1.54) is 0 Å². The third kappa shape index (κ3) is 4.95. The summed E-state index contributed by atoms with van der Waals surface area (Å²) in [6.45, 7) is 3.96. The van der Waals surface area contributed by atoms with Crippen LogP contribution in [-0.4, -0.2) is 11.9 Å². The summed E-state index contributed by atoms with van der Waals surface area (Å²) in [5.74, 6) is -0.287. The van der Waals surface area contributed by atoms with Gasteiger partial charge in [0.25, 0.3) is 5.91 Å². The lowest BCUT2D eigenvalue weighted by molar-refractivity contribution is 0.102. The Balaban J connectivity index is 1.71. The molecule has 27 heavy (non-hydrogen) atoms. The molecule has 136 valence electrons. The summed E-state index contributed by atoms with van der Waals surface area (Å²) in [6.07, 6.45) is 0. The van der Waals surface area contributed by atoms with Crippen LogP contribution >= 0.6 is 0 Å². The van der Waals surface area contributed by atoms with Gasteiger partial charge in [0.1, 0.15) is 0 Å². The maximum Gasteiger partial charge on any atom is 0.323 e. The molecule has 0 saturated carbocycles. The van der Waals surface area contributed by atoms with Crippen molar-refractivity contribution in [1.82, 2.24) is 0 Å². The Labute approximate surface area is 158 Å². The number of benzene rings is 3. The van der Waals surface area contributed by atoms with Crippen LogP contribution in [0.3, 0.4) is 0 Å². The van der Waals surface area contributed by atoms with Gasteiger partial charge in [-0.25, -0.2) is 4.79 Å². The molecule has 5 heteroatoms. The van der Waals surface area contributed by atoms with Gasteiger partial charge >= 0.3 is 6.03 Å². The van der Waals surface area contributed by atoms with Crippen molar-refractivity contribution in [2.24, 2.45) is 0 Å². The van der Waals surface area contributed by atoms with E-state index >= 15 is 0 Å². The zero-order valence-electron chi connectivity index (χ0n) is 15.2. The maximum absolute atomic E-state index is 12.6. The van der Waals surface area contributed by atoms with Crippen LogP contribution in [0.1, 0.15) is 21.5 Å². The lowest BCUT2D eigenvalue weighted by Gasteiger charge is -2.12. The fourth-order valence-corrected chi connectivity index (χ4v) is 2.55. The molecule has 0 unspecified atom stereocenters. The molecule has 0 radical (unpaired) electrons. The van der Waals surface area contributed by atoms with Crippen LogP contribution in [0.4, 0.5) is 21.9 Å². The van der Waals surface area contributed by atoms with E-state index in [0.717, 1.165) is 11.1 Å². The van der Waals surface area contributed by atoms with E-state index in [-0.39, 0.29) is 5.91 Å². The first-order valence-electron chi connectivity index (χ1n) is 8.63. The minimum atomic E-state index is -0.408. The number of carbonyl (C=O) groups is 2. The second-order valence-corrected chi connectivity index (χ2v) is 6.31. The zero-order chi connectivity index (χ0) is 19.2. The Bertz CT molecular complexity index is 948. The summed E-state index contributed by atoms with van der Waals surface area (Å²) in [5, 5.41) is 8.34. The third-order valence-corrected chi connectivity index (χ3v) is 4.04. The van der Waals surface area contributed by atoms with Gasteiger partial charge in [0.05, 0.1) is 11.3 Å². The smallest absolute Gasteiger partial charge is 0.322 e. The molecule has 0 saturated heterocycles. The number of rotatable bonds is 4. The van der Waals surface area contributed by atoms with Gasteiger partial charge in [-0.1, -0.05) is 47.5 Å². The largest absolute Gasteiger partial charge is 0.323 e. The number of aryl methyl sites for hydroxylation is 2. The molecule has 0 aliphatic heterocycles. The van der Waals surface area contributed by atoms with Crippen molar-refractivity contribution in [2.45, 2.75) is 13.8 Å². The van der Waals surface area contributed by atoms with Crippen LogP contribution in [0.5, 0.6) is 0 Å². The number of urea groups is 1. The molecule has 0 aliphatic carbocycles. The SMILES string of the molecule is Cc1ccc(NC(=O)Nc2ccccc2C(=O)Nc2ccc(C)cc2)cc1. The van der Waals surface area contributed by atoms with Crippen molar-refractivity contribution in [3.05, 3.63) is 89.5 Å². The second-order valence-electron chi connectivity index (χ2n) is 6.31. The third-order valence-electron chi connectivity index (χ3n) is 4.04. The Kier molecular flexibility index (Phi) is 5.52. The summed E-state index contributed by atoms with van der Waals surface area (Å²) in [4.78, 5) is 24.9. The van der Waals surface area contributed by atoms with E-state index in [1.807, 2.05) is 62.4 Å². The number of hydrogen-bond donors (Lipinski definition) is 3. The number of hydrogen-bond acceptors (Lipinski definition) is 2. The molecule has 3 amide bonds. The van der Waals surface area contributed by atoms with Crippen molar-refractivity contribution in [2.75, 3.05) is 16.0 Å². The lowest BCUT2D eigenvalue weighted by Crippen LogP contribution is -2.22. The van der Waals surface area contributed by atoms with Crippen LogP contribution in [0.25, 0.3) is 0 Å². The first-order chi connectivity index (χ1) is 13.0. The van der Waals surface area contributed by atoms with Gasteiger partial charge in [0.2, 0.25) is 0 Å². The first kappa shape index (κ1) is 18.2. The van der Waals surface area contributed by atoms with Crippen LogP contribution < -0.4 is 16.0 Å². The van der Waals surface area contributed by atoms with Crippen molar-refractivity contribution in [1.29, 1.82) is 0 Å². The highest BCUT2D eigenvalue weighted by molar-refractivity contribution is 6.11. The molecule has 5 nitrogen and oxygen atoms in total. The molecule has 0 heterocycles. The van der Waals surface area contributed by atoms with Crippen molar-refractivity contribution in [3.8, 4) is 0 Å². The number of amides is 3. The summed E-state index contributed by atoms with van der Waals surface area (Å²) in [7, 11) is 0. The Morgan fingerprint density at radius 1 is 0.630 bits per heavy atom. The van der Waals surface area contributed by atoms with Crippen molar-refractivity contribution < 1.29 is 9.59 Å². The Morgan fingerprint density at radius 2 is 1.15 bits per heavy atom. The molecule has 0 aromatic heterocycles. The van der Waals surface area contributed by atoms with E-state index < -0.39 is 6.03 Å². The second kappa shape index (κ2) is 8.19. The molecule has 0 atom stereocenters. The quantitative estimate of drug-likeness (QED) is 0.599.